The third-order valence-corrected chi connectivity index (χ3v) is 4.69. The normalized spacial score (nSPS) is 12.3. The Bertz CT molecular complexity index is 1150. The number of benzene rings is 2. The van der Waals surface area contributed by atoms with Crippen molar-refractivity contribution in [2.75, 3.05) is 5.32 Å². The lowest BCUT2D eigenvalue weighted by atomic mass is 10.0. The fourth-order valence-corrected chi connectivity index (χ4v) is 3.13. The van der Waals surface area contributed by atoms with Crippen molar-refractivity contribution in [3.05, 3.63) is 48.7 Å². The van der Waals surface area contributed by atoms with Gasteiger partial charge in [-0.2, -0.15) is 10.1 Å². The van der Waals surface area contributed by atoms with Crippen molar-refractivity contribution in [1.82, 2.24) is 25.4 Å². The van der Waals surface area contributed by atoms with Crippen LogP contribution in [0.1, 0.15) is 27.2 Å². The number of aromatic nitrogens is 5. The topological polar surface area (TPSA) is 109 Å². The minimum Gasteiger partial charge on any atom is -0.483 e. The van der Waals surface area contributed by atoms with Crippen LogP contribution in [-0.2, 0) is 4.79 Å². The predicted molar refractivity (Wildman–Crippen MR) is 116 cm³/mol. The van der Waals surface area contributed by atoms with E-state index >= 15 is 0 Å². The molecule has 8 heteroatoms. The third kappa shape index (κ3) is 4.48. The molecule has 0 fully saturated rings. The highest BCUT2D eigenvalue weighted by molar-refractivity contribution is 5.83. The Kier molecular flexibility index (Phi) is 5.47. The zero-order valence-corrected chi connectivity index (χ0v) is 17.1. The van der Waals surface area contributed by atoms with Crippen molar-refractivity contribution in [3.8, 4) is 17.1 Å². The van der Waals surface area contributed by atoms with Crippen LogP contribution in [0.5, 0.6) is 5.75 Å². The van der Waals surface area contributed by atoms with Crippen LogP contribution in [-0.4, -0.2) is 37.3 Å². The summed E-state index contributed by atoms with van der Waals surface area (Å²) >= 11 is 0. The molecule has 30 heavy (non-hydrogen) atoms. The zero-order chi connectivity index (χ0) is 21.1. The third-order valence-electron chi connectivity index (χ3n) is 4.69. The number of carbonyl (C=O) groups excluding carboxylic acids is 1. The standard InChI is InChI=1S/C22H24N6O2/c1-13(2)10-20(29)14(3)30-18-7-4-15(5-8-18)21-25-22(28-27-21)24-17-6-9-19-16(11-17)12-23-26-19/h4-9,11-14H,10H2,1-3H3,(H,23,26)(H2,24,25,27,28). The van der Waals surface area contributed by atoms with Gasteiger partial charge >= 0.3 is 0 Å². The van der Waals surface area contributed by atoms with Gasteiger partial charge in [-0.1, -0.05) is 13.8 Å². The van der Waals surface area contributed by atoms with Crippen LogP contribution in [0, 0.1) is 5.92 Å². The highest BCUT2D eigenvalue weighted by atomic mass is 16.5. The highest BCUT2D eigenvalue weighted by Gasteiger charge is 2.16. The highest BCUT2D eigenvalue weighted by Crippen LogP contribution is 2.23. The number of H-pyrrole nitrogens is 2. The van der Waals surface area contributed by atoms with Crippen molar-refractivity contribution >= 4 is 28.3 Å². The van der Waals surface area contributed by atoms with Gasteiger partial charge in [-0.3, -0.25) is 15.0 Å². The molecule has 0 aliphatic heterocycles. The molecule has 0 saturated carbocycles. The maximum Gasteiger partial charge on any atom is 0.246 e. The summed E-state index contributed by atoms with van der Waals surface area (Å²) in [5.41, 5.74) is 2.71. The number of ketones is 1. The van der Waals surface area contributed by atoms with Gasteiger partial charge in [-0.15, -0.1) is 5.10 Å². The summed E-state index contributed by atoms with van der Waals surface area (Å²) in [5.74, 6) is 2.18. The first kappa shape index (κ1) is 19.6. The molecule has 2 heterocycles. The van der Waals surface area contributed by atoms with Crippen molar-refractivity contribution in [2.45, 2.75) is 33.3 Å². The average Bonchev–Trinajstić information content (AvgIpc) is 3.37. The van der Waals surface area contributed by atoms with Crippen LogP contribution >= 0.6 is 0 Å². The monoisotopic (exact) mass is 404 g/mol. The molecule has 0 spiro atoms. The minimum absolute atomic E-state index is 0.105. The molecular weight excluding hydrogens is 380 g/mol. The molecule has 0 bridgehead atoms. The minimum atomic E-state index is -0.466. The first-order chi connectivity index (χ1) is 14.5. The number of carbonyl (C=O) groups is 1. The first-order valence-electron chi connectivity index (χ1n) is 9.90. The van der Waals surface area contributed by atoms with Gasteiger partial charge in [0.2, 0.25) is 5.95 Å². The van der Waals surface area contributed by atoms with E-state index in [0.29, 0.717) is 29.9 Å². The maximum atomic E-state index is 12.1. The van der Waals surface area contributed by atoms with Gasteiger partial charge in [-0.05, 0) is 55.3 Å². The van der Waals surface area contributed by atoms with E-state index in [1.54, 1.807) is 13.1 Å². The van der Waals surface area contributed by atoms with E-state index in [4.69, 9.17) is 4.74 Å². The van der Waals surface area contributed by atoms with Gasteiger partial charge in [0.1, 0.15) is 5.75 Å². The van der Waals surface area contributed by atoms with Gasteiger partial charge < -0.3 is 10.1 Å². The number of nitrogens with zero attached hydrogens (tertiary/aromatic N) is 3. The second-order valence-electron chi connectivity index (χ2n) is 7.65. The molecule has 0 aliphatic carbocycles. The van der Waals surface area contributed by atoms with Crippen molar-refractivity contribution in [3.63, 3.8) is 0 Å². The summed E-state index contributed by atoms with van der Waals surface area (Å²) in [5, 5.41) is 18.3. The van der Waals surface area contributed by atoms with Crippen LogP contribution in [0.2, 0.25) is 0 Å². The van der Waals surface area contributed by atoms with Gasteiger partial charge in [0.05, 0.1) is 11.7 Å². The quantitative estimate of drug-likeness (QED) is 0.400. The lowest BCUT2D eigenvalue weighted by molar-refractivity contribution is -0.125. The number of fused-ring (bicyclic) bond motifs is 1. The molecule has 3 N–H and O–H groups in total. The lowest BCUT2D eigenvalue weighted by Crippen LogP contribution is -2.24. The fourth-order valence-electron chi connectivity index (χ4n) is 3.13. The number of aromatic amines is 2. The molecule has 0 radical (unpaired) electrons. The number of nitrogens with one attached hydrogen (secondary N) is 3. The van der Waals surface area contributed by atoms with Gasteiger partial charge in [0.15, 0.2) is 17.7 Å². The van der Waals surface area contributed by atoms with Crippen LogP contribution < -0.4 is 10.1 Å². The van der Waals surface area contributed by atoms with E-state index in [0.717, 1.165) is 22.2 Å². The van der Waals surface area contributed by atoms with Crippen LogP contribution in [0.25, 0.3) is 22.3 Å². The van der Waals surface area contributed by atoms with E-state index < -0.39 is 6.10 Å². The average molecular weight is 404 g/mol. The largest absolute Gasteiger partial charge is 0.483 e. The lowest BCUT2D eigenvalue weighted by Gasteiger charge is -2.15. The molecule has 8 nitrogen and oxygen atoms in total. The molecule has 2 aromatic carbocycles. The Hall–Kier alpha value is -3.68. The first-order valence-corrected chi connectivity index (χ1v) is 9.90. The predicted octanol–water partition coefficient (Wildman–Crippen LogP) is 4.47. The summed E-state index contributed by atoms with van der Waals surface area (Å²) < 4.78 is 5.76. The number of ether oxygens (including phenoxy) is 1. The fraction of sp³-hybridized carbons (Fsp3) is 0.273. The Balaban J connectivity index is 1.41. The maximum absolute atomic E-state index is 12.1. The van der Waals surface area contributed by atoms with Crippen molar-refractivity contribution in [2.24, 2.45) is 5.92 Å². The van der Waals surface area contributed by atoms with Gasteiger partial charge in [-0.25, -0.2) is 0 Å². The van der Waals surface area contributed by atoms with E-state index in [2.05, 4.69) is 30.7 Å². The molecule has 4 aromatic rings. The van der Waals surface area contributed by atoms with E-state index in [1.165, 1.54) is 0 Å². The zero-order valence-electron chi connectivity index (χ0n) is 17.1. The molecule has 0 aliphatic rings. The van der Waals surface area contributed by atoms with Crippen LogP contribution in [0.4, 0.5) is 11.6 Å². The van der Waals surface area contributed by atoms with E-state index in [9.17, 15) is 4.79 Å². The van der Waals surface area contributed by atoms with Gasteiger partial charge in [0.25, 0.3) is 0 Å². The number of rotatable bonds is 8. The number of hydrogen-bond acceptors (Lipinski definition) is 6. The Morgan fingerprint density at radius 2 is 1.90 bits per heavy atom. The summed E-state index contributed by atoms with van der Waals surface area (Å²) in [6.07, 6.45) is 1.82. The van der Waals surface area contributed by atoms with Crippen LogP contribution in [0.3, 0.4) is 0 Å². The van der Waals surface area contributed by atoms with E-state index in [1.807, 2.05) is 56.3 Å². The molecule has 2 aromatic heterocycles. The molecule has 154 valence electrons. The molecule has 0 saturated heterocycles. The second kappa shape index (κ2) is 8.36. The van der Waals surface area contributed by atoms with Crippen molar-refractivity contribution < 1.29 is 9.53 Å². The molecule has 1 atom stereocenters. The SMILES string of the molecule is CC(C)CC(=O)C(C)Oc1ccc(-c2nc(Nc3ccc4[nH]ncc4c3)n[nH]2)cc1. The van der Waals surface area contributed by atoms with Crippen LogP contribution in [0.15, 0.2) is 48.7 Å². The number of anilines is 2. The summed E-state index contributed by atoms with van der Waals surface area (Å²) in [7, 11) is 0. The summed E-state index contributed by atoms with van der Waals surface area (Å²) in [6.45, 7) is 5.83. The Morgan fingerprint density at radius 3 is 2.67 bits per heavy atom. The number of hydrogen-bond donors (Lipinski definition) is 3. The van der Waals surface area contributed by atoms with Crippen molar-refractivity contribution in [1.29, 1.82) is 0 Å². The smallest absolute Gasteiger partial charge is 0.246 e. The number of Topliss-reactive ketones (excluding diaryl/α,β-unsaturated/α-hetero) is 1. The summed E-state index contributed by atoms with van der Waals surface area (Å²) in [4.78, 5) is 16.6. The molecule has 4 rings (SSSR count). The second-order valence-corrected chi connectivity index (χ2v) is 7.65. The Morgan fingerprint density at radius 1 is 1.10 bits per heavy atom. The van der Waals surface area contributed by atoms with E-state index in [-0.39, 0.29) is 5.78 Å². The summed E-state index contributed by atoms with van der Waals surface area (Å²) in [6, 6.07) is 13.3. The molecule has 1 unspecified atom stereocenters. The molecular formula is C22H24N6O2. The molecule has 0 amide bonds. The van der Waals surface area contributed by atoms with Gasteiger partial charge in [0, 0.05) is 23.1 Å². The Labute approximate surface area is 174 Å².